The molecular formula is C12H9F4N3O. The van der Waals surface area contributed by atoms with Gasteiger partial charge in [-0.15, -0.1) is 0 Å². The van der Waals surface area contributed by atoms with Crippen LogP contribution in [0.25, 0.3) is 0 Å². The lowest BCUT2D eigenvalue weighted by Gasteiger charge is -2.11. The lowest BCUT2D eigenvalue weighted by atomic mass is 10.3. The first-order chi connectivity index (χ1) is 9.35. The lowest BCUT2D eigenvalue weighted by molar-refractivity contribution is -0.140. The van der Waals surface area contributed by atoms with Gasteiger partial charge in [0, 0.05) is 6.20 Å². The first-order valence-corrected chi connectivity index (χ1v) is 5.51. The molecule has 0 aliphatic carbocycles. The average Bonchev–Trinajstić information content (AvgIpc) is 2.74. The van der Waals surface area contributed by atoms with Gasteiger partial charge < -0.3 is 9.88 Å². The summed E-state index contributed by atoms with van der Waals surface area (Å²) in [7, 11) is 0. The Bertz CT molecular complexity index is 621. The number of nitrogens with zero attached hydrogens (tertiary/aromatic N) is 2. The zero-order chi connectivity index (χ0) is 14.8. The number of hydrogen-bond donors (Lipinski definition) is 1. The van der Waals surface area contributed by atoms with E-state index in [1.165, 1.54) is 24.3 Å². The topological polar surface area (TPSA) is 46.9 Å². The molecule has 8 heteroatoms. The Morgan fingerprint density at radius 3 is 2.65 bits per heavy atom. The molecule has 0 saturated heterocycles. The summed E-state index contributed by atoms with van der Waals surface area (Å²) in [5, 5.41) is 2.23. The van der Waals surface area contributed by atoms with Crippen molar-refractivity contribution in [2.24, 2.45) is 0 Å². The third-order valence-electron chi connectivity index (χ3n) is 2.37. The first kappa shape index (κ1) is 14.0. The van der Waals surface area contributed by atoms with Crippen LogP contribution in [0, 0.1) is 5.95 Å². The number of rotatable bonds is 3. The van der Waals surface area contributed by atoms with Gasteiger partial charge in [0.05, 0.1) is 0 Å². The summed E-state index contributed by atoms with van der Waals surface area (Å²) < 4.78 is 50.6. The summed E-state index contributed by atoms with van der Waals surface area (Å²) in [6, 6.07) is 6.30. The Balaban J connectivity index is 2.16. The summed E-state index contributed by atoms with van der Waals surface area (Å²) in [4.78, 5) is 15.2. The number of alkyl halides is 3. The number of hydrogen-bond acceptors (Lipinski definition) is 2. The number of aromatic nitrogens is 2. The minimum absolute atomic E-state index is 0.0743. The lowest BCUT2D eigenvalue weighted by Crippen LogP contribution is -2.23. The average molecular weight is 287 g/mol. The SMILES string of the molecule is O=C(Nc1cccc(F)n1)c1cccn1CC(F)(F)F. The van der Waals surface area contributed by atoms with Crippen molar-refractivity contribution < 1.29 is 22.4 Å². The van der Waals surface area contributed by atoms with Gasteiger partial charge in [-0.2, -0.15) is 17.6 Å². The van der Waals surface area contributed by atoms with E-state index < -0.39 is 24.6 Å². The van der Waals surface area contributed by atoms with Crippen LogP contribution in [0.3, 0.4) is 0 Å². The van der Waals surface area contributed by atoms with Gasteiger partial charge in [-0.3, -0.25) is 4.79 Å². The van der Waals surface area contributed by atoms with Crippen LogP contribution >= 0.6 is 0 Å². The van der Waals surface area contributed by atoms with Gasteiger partial charge in [-0.05, 0) is 24.3 Å². The van der Waals surface area contributed by atoms with Crippen molar-refractivity contribution in [3.63, 3.8) is 0 Å². The quantitative estimate of drug-likeness (QED) is 0.697. The van der Waals surface area contributed by atoms with Gasteiger partial charge in [-0.25, -0.2) is 4.98 Å². The summed E-state index contributed by atoms with van der Waals surface area (Å²) in [6.07, 6.45) is -3.30. The predicted octanol–water partition coefficient (Wildman–Crippen LogP) is 2.84. The van der Waals surface area contributed by atoms with Crippen LogP contribution in [0.15, 0.2) is 36.5 Å². The van der Waals surface area contributed by atoms with Crippen molar-refractivity contribution in [2.75, 3.05) is 5.32 Å². The van der Waals surface area contributed by atoms with Crippen LogP contribution in [0.5, 0.6) is 0 Å². The minimum atomic E-state index is -4.44. The van der Waals surface area contributed by atoms with Gasteiger partial charge in [-0.1, -0.05) is 6.07 Å². The smallest absolute Gasteiger partial charge is 0.334 e. The fourth-order valence-corrected chi connectivity index (χ4v) is 1.61. The van der Waals surface area contributed by atoms with E-state index in [1.54, 1.807) is 0 Å². The van der Waals surface area contributed by atoms with Gasteiger partial charge in [0.2, 0.25) is 5.95 Å². The van der Waals surface area contributed by atoms with Crippen molar-refractivity contribution in [3.8, 4) is 0 Å². The summed E-state index contributed by atoms with van der Waals surface area (Å²) in [5.41, 5.74) is -0.187. The maximum Gasteiger partial charge on any atom is 0.406 e. The Hall–Kier alpha value is -2.38. The summed E-state index contributed by atoms with van der Waals surface area (Å²) in [6.45, 7) is -1.28. The van der Waals surface area contributed by atoms with Gasteiger partial charge in [0.15, 0.2) is 0 Å². The molecule has 0 spiro atoms. The normalized spacial score (nSPS) is 11.4. The molecule has 4 nitrogen and oxygen atoms in total. The fraction of sp³-hybridized carbons (Fsp3) is 0.167. The van der Waals surface area contributed by atoms with Crippen LogP contribution in [-0.2, 0) is 6.54 Å². The Morgan fingerprint density at radius 2 is 2.00 bits per heavy atom. The van der Waals surface area contributed by atoms with E-state index in [9.17, 15) is 22.4 Å². The fourth-order valence-electron chi connectivity index (χ4n) is 1.61. The second-order valence-corrected chi connectivity index (χ2v) is 3.94. The molecule has 1 amide bonds. The highest BCUT2D eigenvalue weighted by atomic mass is 19.4. The van der Waals surface area contributed by atoms with Crippen LogP contribution in [0.4, 0.5) is 23.4 Å². The van der Waals surface area contributed by atoms with Crippen LogP contribution in [-0.4, -0.2) is 21.6 Å². The van der Waals surface area contributed by atoms with Crippen molar-refractivity contribution >= 4 is 11.7 Å². The van der Waals surface area contributed by atoms with Gasteiger partial charge >= 0.3 is 6.18 Å². The molecule has 0 aromatic carbocycles. The Labute approximate surface area is 111 Å². The number of carbonyl (C=O) groups excluding carboxylic acids is 1. The highest BCUT2D eigenvalue weighted by Crippen LogP contribution is 2.19. The predicted molar refractivity (Wildman–Crippen MR) is 62.6 cm³/mol. The number of amides is 1. The molecule has 20 heavy (non-hydrogen) atoms. The zero-order valence-electron chi connectivity index (χ0n) is 9.99. The van der Waals surface area contributed by atoms with E-state index in [1.807, 2.05) is 0 Å². The van der Waals surface area contributed by atoms with E-state index in [0.717, 1.165) is 16.8 Å². The molecule has 0 saturated carbocycles. The van der Waals surface area contributed by atoms with E-state index in [4.69, 9.17) is 0 Å². The first-order valence-electron chi connectivity index (χ1n) is 5.51. The summed E-state index contributed by atoms with van der Waals surface area (Å²) >= 11 is 0. The standard InChI is InChI=1S/C12H9F4N3O/c13-9-4-1-5-10(17-9)18-11(20)8-3-2-6-19(8)7-12(14,15)16/h1-6H,7H2,(H,17,18,20). The van der Waals surface area contributed by atoms with Crippen molar-refractivity contribution in [1.82, 2.24) is 9.55 Å². The van der Waals surface area contributed by atoms with E-state index in [0.29, 0.717) is 0 Å². The summed E-state index contributed by atoms with van der Waals surface area (Å²) in [5.74, 6) is -1.67. The zero-order valence-corrected chi connectivity index (χ0v) is 9.99. The van der Waals surface area contributed by atoms with Crippen LogP contribution in [0.1, 0.15) is 10.5 Å². The highest BCUT2D eigenvalue weighted by Gasteiger charge is 2.29. The number of anilines is 1. The molecule has 0 aliphatic rings. The number of halogens is 4. The molecule has 2 rings (SSSR count). The second kappa shape index (κ2) is 5.32. The molecule has 2 aromatic heterocycles. The molecule has 1 N–H and O–H groups in total. The molecule has 0 radical (unpaired) electrons. The molecule has 2 heterocycles. The van der Waals surface area contributed by atoms with E-state index in [2.05, 4.69) is 10.3 Å². The minimum Gasteiger partial charge on any atom is -0.334 e. The maximum atomic E-state index is 12.8. The van der Waals surface area contributed by atoms with Crippen molar-refractivity contribution in [3.05, 3.63) is 48.2 Å². The molecule has 106 valence electrons. The number of carbonyl (C=O) groups is 1. The number of pyridine rings is 1. The van der Waals surface area contributed by atoms with Crippen molar-refractivity contribution in [2.45, 2.75) is 12.7 Å². The molecule has 0 fully saturated rings. The van der Waals surface area contributed by atoms with Crippen molar-refractivity contribution in [1.29, 1.82) is 0 Å². The monoisotopic (exact) mass is 287 g/mol. The molecule has 0 atom stereocenters. The molecule has 0 bridgehead atoms. The number of nitrogens with one attached hydrogen (secondary N) is 1. The molecular weight excluding hydrogens is 278 g/mol. The van der Waals surface area contributed by atoms with Crippen LogP contribution in [0.2, 0.25) is 0 Å². The maximum absolute atomic E-state index is 12.8. The third kappa shape index (κ3) is 3.56. The second-order valence-electron chi connectivity index (χ2n) is 3.94. The highest BCUT2D eigenvalue weighted by molar-refractivity contribution is 6.02. The largest absolute Gasteiger partial charge is 0.406 e. The van der Waals surface area contributed by atoms with Gasteiger partial charge in [0.1, 0.15) is 18.1 Å². The Morgan fingerprint density at radius 1 is 1.25 bits per heavy atom. The molecule has 0 unspecified atom stereocenters. The molecule has 2 aromatic rings. The molecule has 0 aliphatic heterocycles. The van der Waals surface area contributed by atoms with E-state index >= 15 is 0 Å². The van der Waals surface area contributed by atoms with Gasteiger partial charge in [0.25, 0.3) is 5.91 Å². The third-order valence-corrected chi connectivity index (χ3v) is 2.37. The Kier molecular flexibility index (Phi) is 3.73. The van der Waals surface area contributed by atoms with Crippen LogP contribution < -0.4 is 5.32 Å². The van der Waals surface area contributed by atoms with E-state index in [-0.39, 0.29) is 11.5 Å².